The van der Waals surface area contributed by atoms with E-state index >= 15 is 0 Å². The van der Waals surface area contributed by atoms with Crippen molar-refractivity contribution in [3.8, 4) is 0 Å². The SMILES string of the molecule is O[SiH]1O[SiH2]O[SiH2]O[SiH](O)O1. The average Bonchev–Trinajstić information content (AvgIpc) is 1.83. The van der Waals surface area contributed by atoms with E-state index in [0.29, 0.717) is 0 Å². The van der Waals surface area contributed by atoms with Gasteiger partial charge in [0.05, 0.1) is 0 Å². The smallest absolute Gasteiger partial charge is 0.425 e. The second-order valence-corrected chi connectivity index (χ2v) is 8.61. The fraction of sp³-hybridized carbons (Fsp3) is 0. The van der Waals surface area contributed by atoms with Gasteiger partial charge in [0.2, 0.25) is 0 Å². The molecule has 0 saturated carbocycles. The normalized spacial score (nSPS) is 41.4. The summed E-state index contributed by atoms with van der Waals surface area (Å²) in [6.07, 6.45) is 0. The van der Waals surface area contributed by atoms with Crippen molar-refractivity contribution in [3.63, 3.8) is 0 Å². The average molecular weight is 216 g/mol. The summed E-state index contributed by atoms with van der Waals surface area (Å²) in [5.41, 5.74) is 0. The molecule has 0 amide bonds. The predicted octanol–water partition coefficient (Wildman–Crippen LogP) is -4.52. The van der Waals surface area contributed by atoms with E-state index in [1.54, 1.807) is 0 Å². The third-order valence-corrected chi connectivity index (χ3v) is 7.39. The van der Waals surface area contributed by atoms with Crippen LogP contribution in [0.15, 0.2) is 0 Å². The highest BCUT2D eigenvalue weighted by molar-refractivity contribution is 6.59. The van der Waals surface area contributed by atoms with Crippen molar-refractivity contribution >= 4 is 39.1 Å². The van der Waals surface area contributed by atoms with Crippen LogP contribution in [0.4, 0.5) is 0 Å². The van der Waals surface area contributed by atoms with Gasteiger partial charge in [0.25, 0.3) is 20.0 Å². The maximum Gasteiger partial charge on any atom is 0.464 e. The van der Waals surface area contributed by atoms with E-state index in [0.717, 1.165) is 0 Å². The molecule has 1 fully saturated rings. The first-order chi connectivity index (χ1) is 4.79. The fourth-order valence-corrected chi connectivity index (χ4v) is 6.97. The van der Waals surface area contributed by atoms with Crippen LogP contribution < -0.4 is 0 Å². The molecule has 2 atom stereocenters. The molecule has 1 saturated heterocycles. The lowest BCUT2D eigenvalue weighted by molar-refractivity contribution is 0.200. The van der Waals surface area contributed by atoms with E-state index in [1.807, 2.05) is 0 Å². The first-order valence-electron chi connectivity index (χ1n) is 2.61. The molecule has 6 nitrogen and oxygen atoms in total. The van der Waals surface area contributed by atoms with Crippen molar-refractivity contribution in [3.05, 3.63) is 0 Å². The summed E-state index contributed by atoms with van der Waals surface area (Å²) in [6.45, 7) is 0. The van der Waals surface area contributed by atoms with Gasteiger partial charge >= 0.3 is 19.1 Å². The molecule has 10 heavy (non-hydrogen) atoms. The molecule has 60 valence electrons. The van der Waals surface area contributed by atoms with Crippen molar-refractivity contribution in [2.45, 2.75) is 0 Å². The minimum atomic E-state index is -2.58. The summed E-state index contributed by atoms with van der Waals surface area (Å²) in [5.74, 6) is 0. The molecule has 1 heterocycles. The monoisotopic (exact) mass is 216 g/mol. The topological polar surface area (TPSA) is 77.4 Å². The van der Waals surface area contributed by atoms with E-state index in [-0.39, 0.29) is 0 Å². The molecule has 2 N–H and O–H groups in total. The van der Waals surface area contributed by atoms with Gasteiger partial charge < -0.3 is 26.1 Å². The summed E-state index contributed by atoms with van der Waals surface area (Å²) in [4.78, 5) is 17.7. The quantitative estimate of drug-likeness (QED) is 0.397. The molecule has 1 aliphatic heterocycles. The standard InChI is InChI=1S/H8O6Si4/c1-9-4-7-3-8-5-10(2)6-9/h1-2,9-10H,7-8H2. The van der Waals surface area contributed by atoms with E-state index in [9.17, 15) is 0 Å². The van der Waals surface area contributed by atoms with Gasteiger partial charge in [-0.2, -0.15) is 0 Å². The zero-order valence-corrected chi connectivity index (χ0v) is 10.2. The van der Waals surface area contributed by atoms with Gasteiger partial charge in [0.15, 0.2) is 0 Å². The van der Waals surface area contributed by atoms with Gasteiger partial charge in [-0.1, -0.05) is 0 Å². The van der Waals surface area contributed by atoms with E-state index < -0.39 is 39.1 Å². The minimum Gasteiger partial charge on any atom is -0.425 e. The molecule has 0 aromatic heterocycles. The Kier molecular flexibility index (Phi) is 3.92. The van der Waals surface area contributed by atoms with Gasteiger partial charge in [-0.3, -0.25) is 0 Å². The molecule has 1 aliphatic rings. The highest BCUT2D eigenvalue weighted by atomic mass is 28.5. The van der Waals surface area contributed by atoms with E-state index in [2.05, 4.69) is 4.12 Å². The van der Waals surface area contributed by atoms with Crippen molar-refractivity contribution in [2.24, 2.45) is 0 Å². The first-order valence-corrected chi connectivity index (χ1v) is 7.84. The zero-order chi connectivity index (χ0) is 7.40. The van der Waals surface area contributed by atoms with Crippen molar-refractivity contribution in [1.29, 1.82) is 0 Å². The Balaban J connectivity index is 2.25. The largest absolute Gasteiger partial charge is 0.464 e. The van der Waals surface area contributed by atoms with E-state index in [1.165, 1.54) is 0 Å². The Morgan fingerprint density at radius 2 is 1.50 bits per heavy atom. The van der Waals surface area contributed by atoms with Crippen molar-refractivity contribution in [2.75, 3.05) is 0 Å². The second-order valence-electron chi connectivity index (χ2n) is 1.52. The fourth-order valence-electron chi connectivity index (χ4n) is 0.425. The maximum absolute atomic E-state index is 8.84. The first kappa shape index (κ1) is 8.72. The molecule has 0 bridgehead atoms. The Labute approximate surface area is 65.7 Å². The highest BCUT2D eigenvalue weighted by Gasteiger charge is 2.21. The Morgan fingerprint density at radius 1 is 1.00 bits per heavy atom. The number of rotatable bonds is 0. The van der Waals surface area contributed by atoms with Crippen LogP contribution in [0.3, 0.4) is 0 Å². The Morgan fingerprint density at radius 3 is 2.00 bits per heavy atom. The van der Waals surface area contributed by atoms with Crippen LogP contribution in [0, 0.1) is 0 Å². The molecule has 0 aliphatic carbocycles. The summed E-state index contributed by atoms with van der Waals surface area (Å²) in [6, 6.07) is 0. The lowest BCUT2D eigenvalue weighted by atomic mass is 15.6. The minimum absolute atomic E-state index is 1.08. The lowest BCUT2D eigenvalue weighted by Gasteiger charge is -2.18. The molecular formula is H8O6Si4. The van der Waals surface area contributed by atoms with Crippen molar-refractivity contribution < 1.29 is 26.1 Å². The summed E-state index contributed by atoms with van der Waals surface area (Å²) in [5, 5.41) is 0. The highest BCUT2D eigenvalue weighted by Crippen LogP contribution is 1.92. The number of hydrogen-bond acceptors (Lipinski definition) is 6. The molecule has 0 aromatic carbocycles. The van der Waals surface area contributed by atoms with Gasteiger partial charge in [-0.15, -0.1) is 0 Å². The van der Waals surface area contributed by atoms with Crippen molar-refractivity contribution in [1.82, 2.24) is 0 Å². The van der Waals surface area contributed by atoms with Crippen LogP contribution in [0.5, 0.6) is 0 Å². The third-order valence-electron chi connectivity index (χ3n) is 0.821. The van der Waals surface area contributed by atoms with Gasteiger partial charge in [-0.05, 0) is 0 Å². The van der Waals surface area contributed by atoms with Crippen LogP contribution in [-0.2, 0) is 16.5 Å². The number of hydrogen-bond donors (Lipinski definition) is 2. The van der Waals surface area contributed by atoms with Crippen LogP contribution >= 0.6 is 0 Å². The summed E-state index contributed by atoms with van der Waals surface area (Å²) >= 11 is 0. The molecule has 0 radical (unpaired) electrons. The van der Waals surface area contributed by atoms with Gasteiger partial charge in [0, 0.05) is 0 Å². The third kappa shape index (κ3) is 3.15. The molecular weight excluding hydrogens is 208 g/mol. The van der Waals surface area contributed by atoms with Gasteiger partial charge in [0.1, 0.15) is 0 Å². The molecule has 1 rings (SSSR count). The van der Waals surface area contributed by atoms with Crippen LogP contribution in [0.1, 0.15) is 0 Å². The molecule has 0 spiro atoms. The molecule has 0 aromatic rings. The zero-order valence-electron chi connectivity index (χ0n) is 5.10. The van der Waals surface area contributed by atoms with Crippen LogP contribution in [-0.4, -0.2) is 48.7 Å². The molecule has 10 heteroatoms. The maximum atomic E-state index is 8.84. The van der Waals surface area contributed by atoms with Gasteiger partial charge in [-0.25, -0.2) is 0 Å². The molecule has 2 unspecified atom stereocenters. The summed E-state index contributed by atoms with van der Waals surface area (Å²) < 4.78 is 19.1. The predicted molar refractivity (Wildman–Crippen MR) is 40.2 cm³/mol. The van der Waals surface area contributed by atoms with Crippen LogP contribution in [0.2, 0.25) is 0 Å². The Bertz CT molecular complexity index is 85.7. The Hall–Kier alpha value is 0.628. The van der Waals surface area contributed by atoms with E-state index in [4.69, 9.17) is 21.9 Å². The second kappa shape index (κ2) is 4.49. The summed E-state index contributed by atoms with van der Waals surface area (Å²) in [7, 11) is -7.33. The lowest BCUT2D eigenvalue weighted by Crippen LogP contribution is -2.40. The van der Waals surface area contributed by atoms with Crippen LogP contribution in [0.25, 0.3) is 0 Å².